The first-order valence-electron chi connectivity index (χ1n) is 15.8. The molecule has 6 heteroatoms. The lowest BCUT2D eigenvalue weighted by atomic mass is 10.0. The molecule has 6 N–H and O–H groups in total. The Balaban J connectivity index is 1.13. The van der Waals surface area contributed by atoms with Crippen LogP contribution < -0.4 is 31.9 Å². The summed E-state index contributed by atoms with van der Waals surface area (Å²) in [5.41, 5.74) is 24.1. The summed E-state index contributed by atoms with van der Waals surface area (Å²) >= 11 is 0. The third-order valence-electron chi connectivity index (χ3n) is 7.83. The first kappa shape index (κ1) is 30.3. The summed E-state index contributed by atoms with van der Waals surface area (Å²) in [4.78, 5) is 0. The molecule has 4 bridgehead atoms. The van der Waals surface area contributed by atoms with E-state index in [4.69, 9.17) is 0 Å². The molecule has 4 aliphatic carbocycles. The third kappa shape index (κ3) is 8.90. The first-order valence-corrected chi connectivity index (χ1v) is 15.8. The largest absolute Gasteiger partial charge is 0.317 e. The molecular weight excluding hydrogens is 516 g/mol. The fourth-order valence-electron chi connectivity index (χ4n) is 5.63. The van der Waals surface area contributed by atoms with Crippen molar-refractivity contribution < 1.29 is 0 Å². The molecule has 5 aliphatic rings. The molecule has 42 heavy (non-hydrogen) atoms. The Morgan fingerprint density at radius 1 is 0.405 bits per heavy atom. The van der Waals surface area contributed by atoms with Gasteiger partial charge in [-0.25, -0.2) is 0 Å². The molecule has 0 aromatic heterocycles. The second-order valence-electron chi connectivity index (χ2n) is 11.1. The molecule has 0 saturated carbocycles. The van der Waals surface area contributed by atoms with Crippen molar-refractivity contribution in [3.63, 3.8) is 0 Å². The van der Waals surface area contributed by atoms with Gasteiger partial charge in [-0.2, -0.15) is 0 Å². The molecular formula is C36H46N6. The molecule has 0 amide bonds. The maximum Gasteiger partial charge on any atom is 0.0369 e. The van der Waals surface area contributed by atoms with Gasteiger partial charge in [0, 0.05) is 70.8 Å². The second-order valence-corrected chi connectivity index (χ2v) is 11.1. The molecule has 0 unspecified atom stereocenters. The number of hydrogen-bond acceptors (Lipinski definition) is 6. The van der Waals surface area contributed by atoms with Crippen LogP contribution in [-0.2, 0) is 0 Å². The highest BCUT2D eigenvalue weighted by molar-refractivity contribution is 5.65. The zero-order valence-electron chi connectivity index (χ0n) is 24.9. The van der Waals surface area contributed by atoms with Gasteiger partial charge in [0.1, 0.15) is 0 Å². The minimum Gasteiger partial charge on any atom is -0.317 e. The van der Waals surface area contributed by atoms with Crippen LogP contribution in [0.5, 0.6) is 0 Å². The van der Waals surface area contributed by atoms with Crippen molar-refractivity contribution in [2.24, 2.45) is 0 Å². The van der Waals surface area contributed by atoms with E-state index >= 15 is 0 Å². The summed E-state index contributed by atoms with van der Waals surface area (Å²) < 4.78 is 0. The minimum atomic E-state index is 0.824. The zero-order valence-corrected chi connectivity index (χ0v) is 24.9. The Labute approximate surface area is 252 Å². The minimum absolute atomic E-state index is 0.824. The van der Waals surface area contributed by atoms with E-state index in [9.17, 15) is 0 Å². The van der Waals surface area contributed by atoms with Crippen LogP contribution in [0, 0.1) is 0 Å². The molecule has 5 rings (SSSR count). The van der Waals surface area contributed by atoms with Crippen LogP contribution in [0.4, 0.5) is 0 Å². The quantitative estimate of drug-likeness (QED) is 0.255. The highest BCUT2D eigenvalue weighted by Gasteiger charge is 2.21. The highest BCUT2D eigenvalue weighted by atomic mass is 14.9. The molecule has 0 fully saturated rings. The predicted octanol–water partition coefficient (Wildman–Crippen LogP) is 3.18. The van der Waals surface area contributed by atoms with E-state index in [0.29, 0.717) is 0 Å². The predicted molar refractivity (Wildman–Crippen MR) is 174 cm³/mol. The Hall–Kier alpha value is -3.20. The van der Waals surface area contributed by atoms with Crippen LogP contribution >= 0.6 is 0 Å². The van der Waals surface area contributed by atoms with E-state index in [1.165, 1.54) is 44.6 Å². The summed E-state index contributed by atoms with van der Waals surface area (Å²) in [5, 5.41) is 21.7. The molecule has 6 nitrogen and oxygen atoms in total. The van der Waals surface area contributed by atoms with Crippen molar-refractivity contribution in [2.75, 3.05) is 78.5 Å². The van der Waals surface area contributed by atoms with Gasteiger partial charge in [0.05, 0.1) is 0 Å². The molecule has 0 radical (unpaired) electrons. The molecule has 220 valence electrons. The van der Waals surface area contributed by atoms with E-state index < -0.39 is 0 Å². The van der Waals surface area contributed by atoms with Crippen LogP contribution in [0.1, 0.15) is 25.7 Å². The highest BCUT2D eigenvalue weighted by Crippen LogP contribution is 2.32. The van der Waals surface area contributed by atoms with Crippen molar-refractivity contribution in [2.45, 2.75) is 25.7 Å². The van der Waals surface area contributed by atoms with Gasteiger partial charge in [0.25, 0.3) is 0 Å². The summed E-state index contributed by atoms with van der Waals surface area (Å²) in [6, 6.07) is 0. The van der Waals surface area contributed by atoms with Gasteiger partial charge in [0.2, 0.25) is 0 Å². The summed E-state index contributed by atoms with van der Waals surface area (Å²) in [6.07, 6.45) is 21.2. The summed E-state index contributed by atoms with van der Waals surface area (Å²) in [7, 11) is 0. The summed E-state index contributed by atoms with van der Waals surface area (Å²) in [6.45, 7) is 11.3. The van der Waals surface area contributed by atoms with E-state index in [2.05, 4.69) is 91.3 Å². The van der Waals surface area contributed by atoms with Crippen LogP contribution in [0.15, 0.2) is 116 Å². The van der Waals surface area contributed by atoms with Gasteiger partial charge in [-0.15, -0.1) is 22.9 Å². The van der Waals surface area contributed by atoms with E-state index in [0.717, 1.165) is 104 Å². The van der Waals surface area contributed by atoms with Crippen molar-refractivity contribution >= 4 is 0 Å². The van der Waals surface area contributed by atoms with Crippen LogP contribution in [0.25, 0.3) is 0 Å². The lowest BCUT2D eigenvalue weighted by Gasteiger charge is -2.11. The van der Waals surface area contributed by atoms with Crippen molar-refractivity contribution in [3.05, 3.63) is 116 Å². The number of allylic oxidation sites excluding steroid dienone is 6. The Bertz CT molecular complexity index is 1270. The van der Waals surface area contributed by atoms with Gasteiger partial charge < -0.3 is 31.9 Å². The normalized spacial score (nSPS) is 23.2. The van der Waals surface area contributed by atoms with Gasteiger partial charge >= 0.3 is 0 Å². The van der Waals surface area contributed by atoms with Gasteiger partial charge in [-0.3, -0.25) is 0 Å². The number of fused-ring (bicyclic) bond motifs is 6. The Morgan fingerprint density at radius 2 is 0.762 bits per heavy atom. The molecule has 0 atom stereocenters. The smallest absolute Gasteiger partial charge is 0.0369 e. The van der Waals surface area contributed by atoms with Crippen molar-refractivity contribution in [3.8, 4) is 0 Å². The third-order valence-corrected chi connectivity index (χ3v) is 7.83. The standard InChI is InChI=1S/C36H46N6/c1-3-11-33-29-23-30(34(33)12-4-1)26-40-20-8-16-38-18-10-22-42-28-32-24-31(35-13-5-2-6-14-36(32)35)27-41-21-9-17-37-15-7-19-39-25-29/h1-6,11,13,37-42H,7-10,15-22,25-28H2. The van der Waals surface area contributed by atoms with Crippen LogP contribution in [0.2, 0.25) is 0 Å². The van der Waals surface area contributed by atoms with Gasteiger partial charge in [0.15, 0.2) is 0 Å². The maximum absolute atomic E-state index is 3.68. The maximum atomic E-state index is 3.68. The number of nitrogens with one attached hydrogen (secondary N) is 6. The molecule has 1 aliphatic heterocycles. The molecule has 0 spiro atoms. The topological polar surface area (TPSA) is 72.2 Å². The average Bonchev–Trinajstić information content (AvgIpc) is 3.24. The Kier molecular flexibility index (Phi) is 12.3. The number of hydrogen-bond donors (Lipinski definition) is 6. The first-order chi connectivity index (χ1) is 20.9. The van der Waals surface area contributed by atoms with Crippen LogP contribution in [0.3, 0.4) is 0 Å². The van der Waals surface area contributed by atoms with E-state index in [-0.39, 0.29) is 0 Å². The monoisotopic (exact) mass is 562 g/mol. The summed E-state index contributed by atoms with van der Waals surface area (Å²) in [5.74, 6) is 0. The van der Waals surface area contributed by atoms with Crippen molar-refractivity contribution in [1.82, 2.24) is 31.9 Å². The zero-order chi connectivity index (χ0) is 28.7. The molecule has 0 aromatic rings. The van der Waals surface area contributed by atoms with Gasteiger partial charge in [-0.05, 0) is 90.2 Å². The SMILES string of the molecule is C1=C2CNCCCNCCCNCC3=C=C(CNCCCNCCCNCC=1C1=CC=CC=C=C21)C1=CC=CC=C=C31. The van der Waals surface area contributed by atoms with E-state index in [1.807, 2.05) is 12.2 Å². The van der Waals surface area contributed by atoms with Gasteiger partial charge in [-0.1, -0.05) is 36.5 Å². The molecule has 0 saturated heterocycles. The van der Waals surface area contributed by atoms with E-state index in [1.54, 1.807) is 0 Å². The molecule has 0 aromatic carbocycles. The lowest BCUT2D eigenvalue weighted by molar-refractivity contribution is 0.580. The van der Waals surface area contributed by atoms with Crippen LogP contribution in [-0.4, -0.2) is 78.5 Å². The lowest BCUT2D eigenvalue weighted by Crippen LogP contribution is -2.26. The Morgan fingerprint density at radius 3 is 1.17 bits per heavy atom. The fourth-order valence-corrected chi connectivity index (χ4v) is 5.63. The number of rotatable bonds is 0. The molecule has 1 heterocycles. The van der Waals surface area contributed by atoms with Crippen molar-refractivity contribution in [1.29, 1.82) is 0 Å². The fraction of sp³-hybridized carbons (Fsp3) is 0.444. The average molecular weight is 563 g/mol. The second kappa shape index (κ2) is 17.0.